The topological polar surface area (TPSA) is 45.9 Å². The van der Waals surface area contributed by atoms with Gasteiger partial charge in [-0.3, -0.25) is 0 Å². The second-order valence-electron chi connectivity index (χ2n) is 3.50. The maximum Gasteiger partial charge on any atom is 0.234 e. The van der Waals surface area contributed by atoms with Crippen LogP contribution in [-0.4, -0.2) is 4.98 Å². The highest BCUT2D eigenvalue weighted by Crippen LogP contribution is 2.25. The van der Waals surface area contributed by atoms with Crippen molar-refractivity contribution in [3.8, 4) is 11.9 Å². The minimum Gasteiger partial charge on any atom is -0.472 e. The average Bonchev–Trinajstić information content (AvgIpc) is 2.39. The van der Waals surface area contributed by atoms with Crippen LogP contribution in [0.15, 0.2) is 36.5 Å². The van der Waals surface area contributed by atoms with E-state index in [2.05, 4.69) is 4.98 Å². The van der Waals surface area contributed by atoms with E-state index in [4.69, 9.17) is 33.2 Å². The smallest absolute Gasteiger partial charge is 0.234 e. The molecule has 0 aliphatic rings. The van der Waals surface area contributed by atoms with Gasteiger partial charge in [-0.05, 0) is 23.8 Å². The number of benzene rings is 1. The van der Waals surface area contributed by atoms with Crippen LogP contribution in [-0.2, 0) is 6.61 Å². The zero-order valence-corrected chi connectivity index (χ0v) is 10.7. The second kappa shape index (κ2) is 5.72. The summed E-state index contributed by atoms with van der Waals surface area (Å²) in [6.07, 6.45) is 1.49. The van der Waals surface area contributed by atoms with Crippen LogP contribution in [0.2, 0.25) is 10.0 Å². The zero-order valence-electron chi connectivity index (χ0n) is 9.23. The Labute approximate surface area is 115 Å². The third kappa shape index (κ3) is 2.92. The largest absolute Gasteiger partial charge is 0.472 e. The van der Waals surface area contributed by atoms with Crippen LogP contribution in [0.4, 0.5) is 0 Å². The van der Waals surface area contributed by atoms with Crippen molar-refractivity contribution in [2.24, 2.45) is 0 Å². The molecule has 3 nitrogen and oxygen atoms in total. The van der Waals surface area contributed by atoms with Crippen molar-refractivity contribution in [1.82, 2.24) is 4.98 Å². The summed E-state index contributed by atoms with van der Waals surface area (Å²) in [5, 5.41) is 9.72. The van der Waals surface area contributed by atoms with Gasteiger partial charge >= 0.3 is 0 Å². The lowest BCUT2D eigenvalue weighted by Gasteiger charge is -2.07. The van der Waals surface area contributed by atoms with Crippen molar-refractivity contribution < 1.29 is 4.74 Å². The molecule has 1 aromatic carbocycles. The molecule has 0 fully saturated rings. The lowest BCUT2D eigenvalue weighted by atomic mass is 10.2. The van der Waals surface area contributed by atoms with Crippen LogP contribution in [0.1, 0.15) is 11.1 Å². The molecule has 0 bridgehead atoms. The van der Waals surface area contributed by atoms with E-state index in [9.17, 15) is 0 Å². The molecule has 0 aliphatic heterocycles. The summed E-state index contributed by atoms with van der Waals surface area (Å²) in [4.78, 5) is 3.99. The van der Waals surface area contributed by atoms with Crippen molar-refractivity contribution in [2.75, 3.05) is 0 Å². The third-order valence-electron chi connectivity index (χ3n) is 2.27. The number of ether oxygens (including phenoxy) is 1. The molecule has 2 rings (SSSR count). The molecule has 0 unspecified atom stereocenters. The molecule has 90 valence electrons. The van der Waals surface area contributed by atoms with Gasteiger partial charge in [0.05, 0.1) is 5.56 Å². The molecule has 1 aromatic heterocycles. The molecule has 0 atom stereocenters. The quantitative estimate of drug-likeness (QED) is 0.857. The first-order chi connectivity index (χ1) is 8.70. The third-order valence-corrected chi connectivity index (χ3v) is 2.88. The van der Waals surface area contributed by atoms with Gasteiger partial charge in [0.25, 0.3) is 0 Å². The molecule has 0 radical (unpaired) electrons. The highest BCUT2D eigenvalue weighted by Gasteiger charge is 2.08. The Balaban J connectivity index is 2.11. The number of hydrogen-bond donors (Lipinski definition) is 0. The number of halogens is 2. The molecule has 2 aromatic rings. The molecule has 0 spiro atoms. The van der Waals surface area contributed by atoms with Gasteiger partial charge in [-0.15, -0.1) is 0 Å². The highest BCUT2D eigenvalue weighted by atomic mass is 35.5. The number of nitriles is 1. The number of nitrogens with zero attached hydrogens (tertiary/aromatic N) is 2. The number of pyridine rings is 1. The van der Waals surface area contributed by atoms with Crippen LogP contribution in [0, 0.1) is 11.3 Å². The van der Waals surface area contributed by atoms with Gasteiger partial charge in [0.1, 0.15) is 17.7 Å². The Bertz CT molecular complexity index is 591. The van der Waals surface area contributed by atoms with Gasteiger partial charge in [-0.1, -0.05) is 35.3 Å². The summed E-state index contributed by atoms with van der Waals surface area (Å²) in [6.45, 7) is 0.318. The summed E-state index contributed by atoms with van der Waals surface area (Å²) in [6, 6.07) is 10.8. The number of hydrogen-bond acceptors (Lipinski definition) is 3. The molecule has 1 heterocycles. The summed E-state index contributed by atoms with van der Waals surface area (Å²) < 4.78 is 5.47. The van der Waals surface area contributed by atoms with Gasteiger partial charge in [-0.2, -0.15) is 5.26 Å². The molecule has 0 amide bonds. The summed E-state index contributed by atoms with van der Waals surface area (Å²) in [5.74, 6) is 0.255. The van der Waals surface area contributed by atoms with Crippen LogP contribution >= 0.6 is 23.2 Å². The first-order valence-corrected chi connectivity index (χ1v) is 5.88. The van der Waals surface area contributed by atoms with Crippen molar-refractivity contribution in [1.29, 1.82) is 5.26 Å². The van der Waals surface area contributed by atoms with Gasteiger partial charge in [0.2, 0.25) is 5.88 Å². The van der Waals surface area contributed by atoms with Crippen LogP contribution in [0.5, 0.6) is 5.88 Å². The minimum atomic E-state index is 0.231. The molecular weight excluding hydrogens is 271 g/mol. The average molecular weight is 279 g/mol. The predicted molar refractivity (Wildman–Crippen MR) is 69.7 cm³/mol. The number of aromatic nitrogens is 1. The van der Waals surface area contributed by atoms with Gasteiger partial charge in [-0.25, -0.2) is 4.98 Å². The van der Waals surface area contributed by atoms with E-state index in [-0.39, 0.29) is 10.9 Å². The Morgan fingerprint density at radius 1 is 1.17 bits per heavy atom. The molecule has 0 N–H and O–H groups in total. The Morgan fingerprint density at radius 3 is 2.56 bits per heavy atom. The van der Waals surface area contributed by atoms with E-state index in [1.807, 2.05) is 18.2 Å². The first-order valence-electron chi connectivity index (χ1n) is 5.12. The van der Waals surface area contributed by atoms with Gasteiger partial charge in [0.15, 0.2) is 0 Å². The Hall–Kier alpha value is -1.76. The highest BCUT2D eigenvalue weighted by molar-refractivity contribution is 6.33. The van der Waals surface area contributed by atoms with Gasteiger partial charge < -0.3 is 4.74 Å². The SMILES string of the molecule is N#Cc1ccnc(OCc2ccc(Cl)cc2)c1Cl. The normalized spacial score (nSPS) is 9.83. The molecule has 0 saturated carbocycles. The summed E-state index contributed by atoms with van der Waals surface area (Å²) in [5.41, 5.74) is 1.29. The van der Waals surface area contributed by atoms with E-state index < -0.39 is 0 Å². The van der Waals surface area contributed by atoms with E-state index in [0.29, 0.717) is 17.2 Å². The maximum absolute atomic E-state index is 8.83. The number of rotatable bonds is 3. The molecule has 0 saturated heterocycles. The fourth-order valence-electron chi connectivity index (χ4n) is 1.34. The lowest BCUT2D eigenvalue weighted by Crippen LogP contribution is -1.98. The standard InChI is InChI=1S/C13H8Cl2N2O/c14-11-3-1-9(2-4-11)8-18-13-12(15)10(7-16)5-6-17-13/h1-6H,8H2. The molecule has 0 aliphatic carbocycles. The molecular formula is C13H8Cl2N2O. The van der Waals surface area contributed by atoms with E-state index in [1.54, 1.807) is 12.1 Å². The lowest BCUT2D eigenvalue weighted by molar-refractivity contribution is 0.294. The second-order valence-corrected chi connectivity index (χ2v) is 4.32. The van der Waals surface area contributed by atoms with Crippen molar-refractivity contribution in [3.05, 3.63) is 57.7 Å². The summed E-state index contributed by atoms with van der Waals surface area (Å²) in [7, 11) is 0. The molecule has 5 heteroatoms. The van der Waals surface area contributed by atoms with Crippen LogP contribution < -0.4 is 4.74 Å². The van der Waals surface area contributed by atoms with E-state index in [0.717, 1.165) is 5.56 Å². The van der Waals surface area contributed by atoms with Crippen molar-refractivity contribution >= 4 is 23.2 Å². The molecule has 18 heavy (non-hydrogen) atoms. The van der Waals surface area contributed by atoms with Crippen LogP contribution in [0.25, 0.3) is 0 Å². The van der Waals surface area contributed by atoms with E-state index in [1.165, 1.54) is 12.3 Å². The monoisotopic (exact) mass is 278 g/mol. The first kappa shape index (κ1) is 12.7. The van der Waals surface area contributed by atoms with Crippen LogP contribution in [0.3, 0.4) is 0 Å². The minimum absolute atomic E-state index is 0.231. The van der Waals surface area contributed by atoms with Crippen molar-refractivity contribution in [2.45, 2.75) is 6.61 Å². The fourth-order valence-corrected chi connectivity index (χ4v) is 1.68. The summed E-state index contributed by atoms with van der Waals surface area (Å²) >= 11 is 11.8. The zero-order chi connectivity index (χ0) is 13.0. The van der Waals surface area contributed by atoms with E-state index >= 15 is 0 Å². The predicted octanol–water partition coefficient (Wildman–Crippen LogP) is 3.84. The Kier molecular flexibility index (Phi) is 4.03. The van der Waals surface area contributed by atoms with Crippen molar-refractivity contribution in [3.63, 3.8) is 0 Å². The fraction of sp³-hybridized carbons (Fsp3) is 0.0769. The van der Waals surface area contributed by atoms with Gasteiger partial charge in [0, 0.05) is 11.2 Å². The maximum atomic E-state index is 8.83. The Morgan fingerprint density at radius 2 is 1.89 bits per heavy atom.